The number of hydrogen-bond acceptors (Lipinski definition) is 7. The van der Waals surface area contributed by atoms with E-state index in [1.54, 1.807) is 20.8 Å². The third kappa shape index (κ3) is 10.0. The Balaban J connectivity index is 2.32. The molecule has 2 fully saturated rings. The molecule has 5 N–H and O–H groups in total. The van der Waals surface area contributed by atoms with Gasteiger partial charge < -0.3 is 26.2 Å². The Bertz CT molecular complexity index is 1330. The van der Waals surface area contributed by atoms with Gasteiger partial charge in [-0.25, -0.2) is 9.52 Å². The van der Waals surface area contributed by atoms with E-state index in [2.05, 4.69) is 32.6 Å². The smallest absolute Gasteiger partial charge is 0.315 e. The van der Waals surface area contributed by atoms with Crippen molar-refractivity contribution in [3.05, 3.63) is 12.7 Å². The van der Waals surface area contributed by atoms with Crippen LogP contribution in [0, 0.1) is 28.1 Å². The maximum atomic E-state index is 14.3. The quantitative estimate of drug-likeness (QED) is 0.120. The largest absolute Gasteiger partial charge is 0.346 e. The van der Waals surface area contributed by atoms with Crippen molar-refractivity contribution in [2.24, 2.45) is 28.1 Å². The van der Waals surface area contributed by atoms with E-state index < -0.39 is 74.7 Å². The lowest BCUT2D eigenvalue weighted by Gasteiger charge is -2.38. The molecule has 1 heterocycles. The molecule has 1 aliphatic heterocycles. The summed E-state index contributed by atoms with van der Waals surface area (Å²) in [5.41, 5.74) is -1.54. The van der Waals surface area contributed by atoms with E-state index in [4.69, 9.17) is 0 Å². The molecule has 0 aromatic heterocycles. The number of hydrogen-bond donors (Lipinski definition) is 5. The van der Waals surface area contributed by atoms with E-state index in [0.29, 0.717) is 13.0 Å². The van der Waals surface area contributed by atoms with E-state index in [0.717, 1.165) is 10.7 Å². The number of carbonyl (C=O) groups is 5. The van der Waals surface area contributed by atoms with E-state index in [-0.39, 0.29) is 36.8 Å². The fourth-order valence-corrected chi connectivity index (χ4v) is 6.83. The molecule has 14 nitrogen and oxygen atoms in total. The molecule has 0 radical (unpaired) electrons. The number of ketones is 1. The Labute approximate surface area is 287 Å². The molecule has 1 unspecified atom stereocenters. The van der Waals surface area contributed by atoms with Crippen molar-refractivity contribution in [2.45, 2.75) is 106 Å². The number of unbranched alkanes of at least 4 members (excludes halogenated alkanes) is 1. The van der Waals surface area contributed by atoms with Crippen LogP contribution in [0.25, 0.3) is 0 Å². The second kappa shape index (κ2) is 15.7. The number of nitrogens with zero attached hydrogens (tertiary/aromatic N) is 2. The zero-order valence-electron chi connectivity index (χ0n) is 30.7. The molecule has 274 valence electrons. The molecule has 0 aromatic rings. The average Bonchev–Trinajstić information content (AvgIpc) is 3.27. The second-order valence-electron chi connectivity index (χ2n) is 15.9. The molecule has 5 amide bonds. The molecule has 15 heteroatoms. The van der Waals surface area contributed by atoms with E-state index in [1.165, 1.54) is 25.1 Å². The Kier molecular flexibility index (Phi) is 13.4. The zero-order chi connectivity index (χ0) is 37.0. The van der Waals surface area contributed by atoms with Gasteiger partial charge in [-0.15, -0.1) is 6.58 Å². The SMILES string of the molecule is C=CCNC(=O)C(=O)C(CCCC)NC(=O)[C@@H]1[C@@H]2[C@H](CN1C(=O)[C@@H](NC(=O)N[C@H](CNS(=O)(=O)N(C)C)C(C)(C)C)C(C)(C)C)C2(C)C. The highest BCUT2D eigenvalue weighted by Crippen LogP contribution is 2.65. The van der Waals surface area contributed by atoms with Gasteiger partial charge in [-0.05, 0) is 34.5 Å². The third-order valence-electron chi connectivity index (χ3n) is 9.56. The molecule has 2 aliphatic rings. The number of nitrogens with one attached hydrogen (secondary N) is 5. The monoisotopic (exact) mass is 697 g/mol. The van der Waals surface area contributed by atoms with E-state index >= 15 is 0 Å². The van der Waals surface area contributed by atoms with Crippen LogP contribution in [0.2, 0.25) is 0 Å². The Morgan fingerprint density at radius 1 is 1.00 bits per heavy atom. The van der Waals surface area contributed by atoms with Gasteiger partial charge in [0.25, 0.3) is 16.1 Å². The number of fused-ring (bicyclic) bond motifs is 1. The number of urea groups is 1. The normalized spacial score (nSPS) is 22.2. The van der Waals surface area contributed by atoms with Crippen molar-refractivity contribution in [3.63, 3.8) is 0 Å². The molecule has 1 saturated heterocycles. The van der Waals surface area contributed by atoms with Crippen LogP contribution in [0.3, 0.4) is 0 Å². The fraction of sp³-hybridized carbons (Fsp3) is 0.788. The average molecular weight is 698 g/mol. The van der Waals surface area contributed by atoms with Crippen LogP contribution in [0.1, 0.15) is 81.6 Å². The molecule has 0 spiro atoms. The van der Waals surface area contributed by atoms with Crippen LogP contribution in [0.5, 0.6) is 0 Å². The van der Waals surface area contributed by atoms with Crippen molar-refractivity contribution >= 4 is 39.7 Å². The molecule has 2 rings (SSSR count). The summed E-state index contributed by atoms with van der Waals surface area (Å²) in [5.74, 6) is -2.64. The highest BCUT2D eigenvalue weighted by Gasteiger charge is 2.70. The molecule has 6 atom stereocenters. The first-order valence-corrected chi connectivity index (χ1v) is 18.1. The van der Waals surface area contributed by atoms with Crippen LogP contribution in [0.4, 0.5) is 4.79 Å². The molecular weight excluding hydrogens is 638 g/mol. The van der Waals surface area contributed by atoms with Crippen LogP contribution in [-0.4, -0.2) is 105 Å². The second-order valence-corrected chi connectivity index (χ2v) is 17.9. The lowest BCUT2D eigenvalue weighted by Crippen LogP contribution is -2.62. The first-order valence-electron chi connectivity index (χ1n) is 16.7. The number of rotatable bonds is 16. The Hall–Kier alpha value is -3.04. The van der Waals surface area contributed by atoms with Gasteiger partial charge in [0, 0.05) is 39.8 Å². The lowest BCUT2D eigenvalue weighted by atomic mass is 9.85. The van der Waals surface area contributed by atoms with E-state index in [1.807, 2.05) is 41.5 Å². The number of likely N-dealkylation sites (tertiary alicyclic amines) is 1. The summed E-state index contributed by atoms with van der Waals surface area (Å²) >= 11 is 0. The standard InChI is InChI=1S/C33H59N7O7S/c1-13-15-16-21(25(41)28(43)34-17-14-2)36-27(42)24-23-20(33(23,9)10)19-40(24)29(44)26(32(6,7)8)38-30(45)37-22(31(3,4)5)18-35-48(46,47)39(11)12/h14,20-24,26,35H,2,13,15-19H2,1,3-12H3,(H,34,43)(H,36,42)(H2,37,38,45)/t20-,21?,22+,23-,24-,26+/m0/s1. The van der Waals surface area contributed by atoms with Gasteiger partial charge in [0.15, 0.2) is 0 Å². The Morgan fingerprint density at radius 2 is 1.60 bits per heavy atom. The van der Waals surface area contributed by atoms with Crippen molar-refractivity contribution in [2.75, 3.05) is 33.7 Å². The minimum absolute atomic E-state index is 0.0438. The fourth-order valence-electron chi connectivity index (χ4n) is 6.19. The molecule has 1 aliphatic carbocycles. The number of Topliss-reactive ketones (excluding diaryl/α,β-unsaturated/α-hetero) is 1. The summed E-state index contributed by atoms with van der Waals surface area (Å²) in [5, 5.41) is 10.9. The topological polar surface area (TPSA) is 186 Å². The van der Waals surface area contributed by atoms with Gasteiger partial charge in [-0.3, -0.25) is 19.2 Å². The maximum Gasteiger partial charge on any atom is 0.315 e. The van der Waals surface area contributed by atoms with Gasteiger partial charge >= 0.3 is 6.03 Å². The molecule has 0 bridgehead atoms. The minimum atomic E-state index is -3.75. The first-order chi connectivity index (χ1) is 21.9. The number of piperidine rings is 1. The third-order valence-corrected chi connectivity index (χ3v) is 11.1. The molecule has 1 saturated carbocycles. The van der Waals surface area contributed by atoms with Crippen molar-refractivity contribution < 1.29 is 32.4 Å². The maximum absolute atomic E-state index is 14.3. The summed E-state index contributed by atoms with van der Waals surface area (Å²) < 4.78 is 28.2. The Morgan fingerprint density at radius 3 is 2.10 bits per heavy atom. The predicted octanol–water partition coefficient (Wildman–Crippen LogP) is 1.54. The molecule has 48 heavy (non-hydrogen) atoms. The van der Waals surface area contributed by atoms with Gasteiger partial charge in [-0.1, -0.05) is 81.2 Å². The lowest BCUT2D eigenvalue weighted by molar-refractivity contribution is -0.145. The minimum Gasteiger partial charge on any atom is -0.346 e. The summed E-state index contributed by atoms with van der Waals surface area (Å²) in [4.78, 5) is 68.8. The van der Waals surface area contributed by atoms with Gasteiger partial charge in [-0.2, -0.15) is 12.7 Å². The van der Waals surface area contributed by atoms with Crippen molar-refractivity contribution in [3.8, 4) is 0 Å². The molecule has 0 aromatic carbocycles. The summed E-state index contributed by atoms with van der Waals surface area (Å²) in [6, 6.07) is -4.30. The van der Waals surface area contributed by atoms with Crippen LogP contribution in [-0.2, 0) is 29.4 Å². The first kappa shape index (κ1) is 41.1. The van der Waals surface area contributed by atoms with Crippen molar-refractivity contribution in [1.82, 2.24) is 35.2 Å². The summed E-state index contributed by atoms with van der Waals surface area (Å²) in [6.45, 7) is 20.9. The van der Waals surface area contributed by atoms with Crippen molar-refractivity contribution in [1.29, 1.82) is 0 Å². The summed E-state index contributed by atoms with van der Waals surface area (Å²) in [6.07, 6.45) is 3.08. The number of carbonyl (C=O) groups excluding carboxylic acids is 5. The molecular formula is C33H59N7O7S. The van der Waals surface area contributed by atoms with Crippen LogP contribution < -0.4 is 26.0 Å². The van der Waals surface area contributed by atoms with Gasteiger partial charge in [0.2, 0.25) is 17.6 Å². The van der Waals surface area contributed by atoms with Gasteiger partial charge in [0.1, 0.15) is 12.1 Å². The van der Waals surface area contributed by atoms with Gasteiger partial charge in [0.05, 0.1) is 6.04 Å². The number of amides is 5. The zero-order valence-corrected chi connectivity index (χ0v) is 31.5. The van der Waals surface area contributed by atoms with E-state index in [9.17, 15) is 32.4 Å². The predicted molar refractivity (Wildman–Crippen MR) is 185 cm³/mol. The van der Waals surface area contributed by atoms with Crippen LogP contribution in [0.15, 0.2) is 12.7 Å². The summed E-state index contributed by atoms with van der Waals surface area (Å²) in [7, 11) is -0.952. The highest BCUT2D eigenvalue weighted by atomic mass is 32.2. The highest BCUT2D eigenvalue weighted by molar-refractivity contribution is 7.87. The van der Waals surface area contributed by atoms with Crippen LogP contribution >= 0.6 is 0 Å².